The zero-order valence-electron chi connectivity index (χ0n) is 22.2. The summed E-state index contributed by atoms with van der Waals surface area (Å²) in [6.45, 7) is 1.01. The van der Waals surface area contributed by atoms with E-state index in [4.69, 9.17) is 23.5 Å². The molecule has 2 heterocycles. The van der Waals surface area contributed by atoms with Crippen molar-refractivity contribution in [1.82, 2.24) is 15.4 Å². The van der Waals surface area contributed by atoms with Gasteiger partial charge in [-0.1, -0.05) is 29.4 Å². The lowest BCUT2D eigenvalue weighted by molar-refractivity contribution is 0.0728. The molecule has 40 heavy (non-hydrogen) atoms. The number of aromatic nitrogens is 1. The van der Waals surface area contributed by atoms with E-state index in [2.05, 4.69) is 10.5 Å². The molecule has 0 bridgehead atoms. The van der Waals surface area contributed by atoms with Crippen molar-refractivity contribution in [3.63, 3.8) is 0 Å². The Hall–Kier alpha value is -4.99. The van der Waals surface area contributed by atoms with Crippen LogP contribution in [0.1, 0.15) is 37.7 Å². The van der Waals surface area contributed by atoms with Gasteiger partial charge in [0.25, 0.3) is 11.8 Å². The quantitative estimate of drug-likeness (QED) is 0.299. The first-order chi connectivity index (χ1) is 19.5. The molecule has 3 aromatic carbocycles. The van der Waals surface area contributed by atoms with Crippen LogP contribution in [0.15, 0.2) is 77.3 Å². The van der Waals surface area contributed by atoms with E-state index in [0.29, 0.717) is 41.5 Å². The summed E-state index contributed by atoms with van der Waals surface area (Å²) in [4.78, 5) is 27.9. The Morgan fingerprint density at radius 2 is 1.68 bits per heavy atom. The SMILES string of the molecule is COc1ccc(CCN(Cc2cc(C(=O)NCc3ccc4c(c3)OCO4)no2)C(=O)c2cccc(OC)c2)cc1. The van der Waals surface area contributed by atoms with Crippen LogP contribution in [0.4, 0.5) is 0 Å². The van der Waals surface area contributed by atoms with Gasteiger partial charge in [-0.15, -0.1) is 0 Å². The number of rotatable bonds is 11. The van der Waals surface area contributed by atoms with Gasteiger partial charge in [0.1, 0.15) is 11.5 Å². The summed E-state index contributed by atoms with van der Waals surface area (Å²) in [5.74, 6) is 2.47. The van der Waals surface area contributed by atoms with Gasteiger partial charge in [-0.2, -0.15) is 0 Å². The first-order valence-corrected chi connectivity index (χ1v) is 12.7. The minimum atomic E-state index is -0.392. The lowest BCUT2D eigenvalue weighted by Gasteiger charge is -2.22. The molecule has 1 N–H and O–H groups in total. The number of hydrogen-bond acceptors (Lipinski definition) is 8. The molecule has 0 spiro atoms. The predicted molar refractivity (Wildman–Crippen MR) is 145 cm³/mol. The summed E-state index contributed by atoms with van der Waals surface area (Å²) in [5, 5.41) is 6.76. The van der Waals surface area contributed by atoms with Gasteiger partial charge in [0.2, 0.25) is 6.79 Å². The van der Waals surface area contributed by atoms with Gasteiger partial charge in [-0.3, -0.25) is 9.59 Å². The van der Waals surface area contributed by atoms with Crippen LogP contribution in [0.2, 0.25) is 0 Å². The van der Waals surface area contributed by atoms with Gasteiger partial charge in [0.05, 0.1) is 20.8 Å². The molecule has 1 aromatic heterocycles. The number of hydrogen-bond donors (Lipinski definition) is 1. The summed E-state index contributed by atoms with van der Waals surface area (Å²) in [6, 6.07) is 21.7. The molecule has 5 rings (SSSR count). The fraction of sp³-hybridized carbons (Fsp3) is 0.233. The minimum Gasteiger partial charge on any atom is -0.497 e. The van der Waals surface area contributed by atoms with Crippen LogP contribution >= 0.6 is 0 Å². The molecule has 4 aromatic rings. The highest BCUT2D eigenvalue weighted by molar-refractivity contribution is 5.95. The molecule has 206 valence electrons. The van der Waals surface area contributed by atoms with Crippen molar-refractivity contribution in [3.05, 3.63) is 101 Å². The van der Waals surface area contributed by atoms with E-state index < -0.39 is 5.91 Å². The Morgan fingerprint density at radius 3 is 2.48 bits per heavy atom. The van der Waals surface area contributed by atoms with E-state index in [1.54, 1.807) is 55.5 Å². The molecular weight excluding hydrogens is 514 g/mol. The number of methoxy groups -OCH3 is 2. The highest BCUT2D eigenvalue weighted by atomic mass is 16.7. The number of benzene rings is 3. The Labute approximate surface area is 231 Å². The Morgan fingerprint density at radius 1 is 0.900 bits per heavy atom. The molecule has 1 aliphatic heterocycles. The molecule has 10 heteroatoms. The van der Waals surface area contributed by atoms with Gasteiger partial charge in [0, 0.05) is 24.7 Å². The topological polar surface area (TPSA) is 112 Å². The minimum absolute atomic E-state index is 0.125. The second-order valence-electron chi connectivity index (χ2n) is 9.11. The highest BCUT2D eigenvalue weighted by Crippen LogP contribution is 2.32. The maximum atomic E-state index is 13.5. The summed E-state index contributed by atoms with van der Waals surface area (Å²) < 4.78 is 26.7. The van der Waals surface area contributed by atoms with E-state index in [1.165, 1.54) is 0 Å². The molecule has 1 aliphatic rings. The van der Waals surface area contributed by atoms with E-state index in [9.17, 15) is 9.59 Å². The van der Waals surface area contributed by atoms with Crippen molar-refractivity contribution in [2.24, 2.45) is 0 Å². The van der Waals surface area contributed by atoms with Crippen LogP contribution in [0, 0.1) is 0 Å². The molecule has 0 unspecified atom stereocenters. The predicted octanol–water partition coefficient (Wildman–Crippen LogP) is 4.24. The smallest absolute Gasteiger partial charge is 0.273 e. The van der Waals surface area contributed by atoms with Crippen molar-refractivity contribution in [2.75, 3.05) is 27.6 Å². The normalized spacial score (nSPS) is 11.7. The van der Waals surface area contributed by atoms with Crippen LogP contribution in [0.5, 0.6) is 23.0 Å². The fourth-order valence-corrected chi connectivity index (χ4v) is 4.25. The summed E-state index contributed by atoms with van der Waals surface area (Å²) in [7, 11) is 3.17. The van der Waals surface area contributed by atoms with Crippen LogP contribution in [0.3, 0.4) is 0 Å². The lowest BCUT2D eigenvalue weighted by Crippen LogP contribution is -2.32. The van der Waals surface area contributed by atoms with Crippen molar-refractivity contribution >= 4 is 11.8 Å². The maximum absolute atomic E-state index is 13.5. The fourth-order valence-electron chi connectivity index (χ4n) is 4.25. The Kier molecular flexibility index (Phi) is 8.15. The monoisotopic (exact) mass is 543 g/mol. The van der Waals surface area contributed by atoms with E-state index in [-0.39, 0.29) is 31.5 Å². The van der Waals surface area contributed by atoms with Crippen LogP contribution in [-0.4, -0.2) is 49.4 Å². The first kappa shape index (κ1) is 26.6. The highest BCUT2D eigenvalue weighted by Gasteiger charge is 2.21. The molecule has 10 nitrogen and oxygen atoms in total. The summed E-state index contributed by atoms with van der Waals surface area (Å²) >= 11 is 0. The van der Waals surface area contributed by atoms with Crippen molar-refractivity contribution < 1.29 is 33.1 Å². The van der Waals surface area contributed by atoms with Crippen molar-refractivity contribution in [3.8, 4) is 23.0 Å². The van der Waals surface area contributed by atoms with Crippen molar-refractivity contribution in [1.29, 1.82) is 0 Å². The molecule has 0 fully saturated rings. The van der Waals surface area contributed by atoms with Gasteiger partial charge in [-0.25, -0.2) is 0 Å². The zero-order chi connectivity index (χ0) is 27.9. The summed E-state index contributed by atoms with van der Waals surface area (Å²) in [6.07, 6.45) is 0.608. The van der Waals surface area contributed by atoms with Crippen LogP contribution in [-0.2, 0) is 19.5 Å². The van der Waals surface area contributed by atoms with Crippen molar-refractivity contribution in [2.45, 2.75) is 19.5 Å². The van der Waals surface area contributed by atoms with Crippen LogP contribution < -0.4 is 24.3 Å². The third kappa shape index (κ3) is 6.35. The van der Waals surface area contributed by atoms with Gasteiger partial charge in [-0.05, 0) is 60.0 Å². The largest absolute Gasteiger partial charge is 0.497 e. The Balaban J connectivity index is 1.26. The molecule has 0 radical (unpaired) electrons. The molecule has 0 atom stereocenters. The van der Waals surface area contributed by atoms with Gasteiger partial charge < -0.3 is 33.7 Å². The third-order valence-corrected chi connectivity index (χ3v) is 6.46. The van der Waals surface area contributed by atoms with E-state index in [1.807, 2.05) is 36.4 Å². The zero-order valence-corrected chi connectivity index (χ0v) is 22.2. The second kappa shape index (κ2) is 12.2. The van der Waals surface area contributed by atoms with E-state index >= 15 is 0 Å². The Bertz CT molecular complexity index is 1480. The van der Waals surface area contributed by atoms with Gasteiger partial charge >= 0.3 is 0 Å². The molecule has 0 saturated heterocycles. The van der Waals surface area contributed by atoms with E-state index in [0.717, 1.165) is 16.9 Å². The standard InChI is InChI=1S/C30H29N3O7/c1-36-23-9-6-20(7-10-23)12-13-33(30(35)22-4-3-5-24(15-22)37-2)18-25-16-26(32-40-25)29(34)31-17-21-8-11-27-28(14-21)39-19-38-27/h3-11,14-16H,12-13,17-19H2,1-2H3,(H,31,34). The molecule has 2 amide bonds. The number of nitrogens with zero attached hydrogens (tertiary/aromatic N) is 2. The van der Waals surface area contributed by atoms with Gasteiger partial charge in [0.15, 0.2) is 23.0 Å². The third-order valence-electron chi connectivity index (χ3n) is 6.46. The maximum Gasteiger partial charge on any atom is 0.273 e. The number of nitrogens with one attached hydrogen (secondary N) is 1. The second-order valence-corrected chi connectivity index (χ2v) is 9.11. The summed E-state index contributed by atoms with van der Waals surface area (Å²) in [5.41, 5.74) is 2.51. The number of ether oxygens (including phenoxy) is 4. The number of carbonyl (C=O) groups is 2. The molecular formula is C30H29N3O7. The average Bonchev–Trinajstić information content (AvgIpc) is 3.67. The number of carbonyl (C=O) groups excluding carboxylic acids is 2. The number of fused-ring (bicyclic) bond motifs is 1. The lowest BCUT2D eigenvalue weighted by atomic mass is 10.1. The van der Waals surface area contributed by atoms with Crippen LogP contribution in [0.25, 0.3) is 0 Å². The molecule has 0 aliphatic carbocycles. The first-order valence-electron chi connectivity index (χ1n) is 12.7. The number of amides is 2. The molecule has 0 saturated carbocycles. The average molecular weight is 544 g/mol.